The van der Waals surface area contributed by atoms with Gasteiger partial charge in [-0.25, -0.2) is 4.79 Å². The Bertz CT molecular complexity index is 1380. The molecule has 0 N–H and O–H groups in total. The molecule has 6 heteroatoms. The van der Waals surface area contributed by atoms with Crippen molar-refractivity contribution in [2.24, 2.45) is 0 Å². The van der Waals surface area contributed by atoms with Gasteiger partial charge in [0, 0.05) is 0 Å². The van der Waals surface area contributed by atoms with Gasteiger partial charge in [-0.15, -0.1) is 0 Å². The SMILES string of the molecule is CCCc1c(Cl)c(=O)oc2c3c(c4c(c12)OC(C)(C)C=C4)OC(c1ccc(C)cc1)CC3=O. The van der Waals surface area contributed by atoms with Gasteiger partial charge in [-0.2, -0.15) is 0 Å². The van der Waals surface area contributed by atoms with Crippen molar-refractivity contribution in [3.8, 4) is 11.5 Å². The van der Waals surface area contributed by atoms with Crippen LogP contribution in [0.25, 0.3) is 17.0 Å². The first-order valence-electron chi connectivity index (χ1n) is 11.2. The van der Waals surface area contributed by atoms with E-state index in [1.807, 2.05) is 64.1 Å². The fraction of sp³-hybridized carbons (Fsp3) is 0.333. The van der Waals surface area contributed by atoms with Crippen molar-refractivity contribution in [1.29, 1.82) is 0 Å². The Morgan fingerprint density at radius 3 is 2.55 bits per heavy atom. The molecule has 0 amide bonds. The summed E-state index contributed by atoms with van der Waals surface area (Å²) in [6.07, 6.45) is 4.89. The molecule has 1 unspecified atom stereocenters. The largest absolute Gasteiger partial charge is 0.484 e. The van der Waals surface area contributed by atoms with Gasteiger partial charge < -0.3 is 13.9 Å². The third kappa shape index (κ3) is 3.55. The molecule has 0 fully saturated rings. The van der Waals surface area contributed by atoms with Gasteiger partial charge in [0.15, 0.2) is 11.4 Å². The summed E-state index contributed by atoms with van der Waals surface area (Å²) in [4.78, 5) is 26.1. The number of ketones is 1. The number of rotatable bonds is 3. The van der Waals surface area contributed by atoms with Crippen LogP contribution in [0, 0.1) is 6.92 Å². The van der Waals surface area contributed by atoms with Crippen LogP contribution in [0.3, 0.4) is 0 Å². The molecule has 3 heterocycles. The second kappa shape index (κ2) is 7.77. The maximum absolute atomic E-state index is 13.5. The topological polar surface area (TPSA) is 65.7 Å². The summed E-state index contributed by atoms with van der Waals surface area (Å²) in [5.41, 5.74) is 2.59. The second-order valence-electron chi connectivity index (χ2n) is 9.27. The van der Waals surface area contributed by atoms with Crippen LogP contribution in [0.15, 0.2) is 39.6 Å². The van der Waals surface area contributed by atoms with Crippen molar-refractivity contribution in [1.82, 2.24) is 0 Å². The highest BCUT2D eigenvalue weighted by molar-refractivity contribution is 6.32. The standard InChI is InChI=1S/C27H25ClO5/c1-5-6-16-20-24-17(11-12-27(3,4)33-24)23-21(25(20)32-26(30)22(16)28)18(29)13-19(31-23)15-9-7-14(2)8-10-15/h7-12,19H,5-6,13H2,1-4H3. The first-order chi connectivity index (χ1) is 15.7. The van der Waals surface area contributed by atoms with Gasteiger partial charge in [0.25, 0.3) is 0 Å². The van der Waals surface area contributed by atoms with Gasteiger partial charge in [0.05, 0.1) is 17.4 Å². The Hall–Kier alpha value is -3.05. The highest BCUT2D eigenvalue weighted by Crippen LogP contribution is 2.51. The van der Waals surface area contributed by atoms with Crippen LogP contribution in [0.4, 0.5) is 0 Å². The molecule has 2 aliphatic heterocycles. The minimum absolute atomic E-state index is 0.0316. The number of hydrogen-bond acceptors (Lipinski definition) is 5. The van der Waals surface area contributed by atoms with Crippen molar-refractivity contribution in [3.05, 3.63) is 73.6 Å². The molecule has 5 rings (SSSR count). The van der Waals surface area contributed by atoms with Crippen molar-refractivity contribution < 1.29 is 18.7 Å². The summed E-state index contributed by atoms with van der Waals surface area (Å²) in [5, 5.41) is 0.613. The van der Waals surface area contributed by atoms with Gasteiger partial charge in [-0.05, 0) is 50.5 Å². The molecule has 0 radical (unpaired) electrons. The maximum Gasteiger partial charge on any atom is 0.355 e. The summed E-state index contributed by atoms with van der Waals surface area (Å²) in [6, 6.07) is 7.94. The van der Waals surface area contributed by atoms with E-state index in [0.29, 0.717) is 34.4 Å². The van der Waals surface area contributed by atoms with Gasteiger partial charge in [0.1, 0.15) is 33.8 Å². The fourth-order valence-corrected chi connectivity index (χ4v) is 4.80. The van der Waals surface area contributed by atoms with Gasteiger partial charge in [-0.1, -0.05) is 54.8 Å². The first-order valence-corrected chi connectivity index (χ1v) is 11.6. The molecular formula is C27H25ClO5. The molecule has 170 valence electrons. The van der Waals surface area contributed by atoms with Crippen LogP contribution >= 0.6 is 11.6 Å². The molecule has 0 spiro atoms. The second-order valence-corrected chi connectivity index (χ2v) is 9.64. The van der Waals surface area contributed by atoms with E-state index in [9.17, 15) is 9.59 Å². The van der Waals surface area contributed by atoms with Gasteiger partial charge in [-0.3, -0.25) is 4.79 Å². The van der Waals surface area contributed by atoms with E-state index >= 15 is 0 Å². The zero-order valence-corrected chi connectivity index (χ0v) is 19.8. The van der Waals surface area contributed by atoms with E-state index in [0.717, 1.165) is 17.5 Å². The highest BCUT2D eigenvalue weighted by Gasteiger charge is 2.38. The smallest absolute Gasteiger partial charge is 0.355 e. The average molecular weight is 465 g/mol. The van der Waals surface area contributed by atoms with E-state index in [1.165, 1.54) is 0 Å². The van der Waals surface area contributed by atoms with E-state index in [1.54, 1.807) is 0 Å². The van der Waals surface area contributed by atoms with Crippen LogP contribution in [0.5, 0.6) is 11.5 Å². The summed E-state index contributed by atoms with van der Waals surface area (Å²) in [7, 11) is 0. The number of aryl methyl sites for hydroxylation is 2. The molecular weight excluding hydrogens is 440 g/mol. The van der Waals surface area contributed by atoms with Gasteiger partial charge in [0.2, 0.25) is 0 Å². The van der Waals surface area contributed by atoms with Crippen LogP contribution in [0.1, 0.15) is 72.3 Å². The predicted octanol–water partition coefficient (Wildman–Crippen LogP) is 6.60. The Morgan fingerprint density at radius 2 is 1.85 bits per heavy atom. The minimum atomic E-state index is -0.658. The number of ether oxygens (including phenoxy) is 2. The molecule has 0 aliphatic carbocycles. The fourth-order valence-electron chi connectivity index (χ4n) is 4.57. The lowest BCUT2D eigenvalue weighted by Crippen LogP contribution is -2.29. The zero-order chi connectivity index (χ0) is 23.5. The van der Waals surface area contributed by atoms with Crippen LogP contribution in [-0.4, -0.2) is 11.4 Å². The number of fused-ring (bicyclic) bond motifs is 6. The van der Waals surface area contributed by atoms with Crippen molar-refractivity contribution >= 4 is 34.4 Å². The average Bonchev–Trinajstić information content (AvgIpc) is 2.76. The Balaban J connectivity index is 1.83. The minimum Gasteiger partial charge on any atom is -0.484 e. The lowest BCUT2D eigenvalue weighted by Gasteiger charge is -2.34. The summed E-state index contributed by atoms with van der Waals surface area (Å²) in [6.45, 7) is 7.91. The first kappa shape index (κ1) is 21.8. The van der Waals surface area contributed by atoms with Crippen molar-refractivity contribution in [3.63, 3.8) is 0 Å². The third-order valence-corrected chi connectivity index (χ3v) is 6.60. The van der Waals surface area contributed by atoms with E-state index in [-0.39, 0.29) is 28.4 Å². The molecule has 2 aromatic carbocycles. The number of halogens is 1. The van der Waals surface area contributed by atoms with Crippen LogP contribution < -0.4 is 15.1 Å². The summed E-state index contributed by atoms with van der Waals surface area (Å²) in [5.74, 6) is 0.780. The van der Waals surface area contributed by atoms with E-state index in [2.05, 4.69) is 0 Å². The van der Waals surface area contributed by atoms with Crippen LogP contribution in [-0.2, 0) is 6.42 Å². The predicted molar refractivity (Wildman–Crippen MR) is 129 cm³/mol. The summed E-state index contributed by atoms with van der Waals surface area (Å²) < 4.78 is 18.4. The molecule has 3 aromatic rings. The molecule has 33 heavy (non-hydrogen) atoms. The lowest BCUT2D eigenvalue weighted by atomic mass is 9.88. The summed E-state index contributed by atoms with van der Waals surface area (Å²) >= 11 is 6.40. The monoisotopic (exact) mass is 464 g/mol. The number of Topliss-reactive ketones (excluding diaryl/α,β-unsaturated/α-hetero) is 1. The zero-order valence-electron chi connectivity index (χ0n) is 19.1. The molecule has 0 saturated carbocycles. The normalized spacial score (nSPS) is 18.5. The number of hydrogen-bond donors (Lipinski definition) is 0. The highest BCUT2D eigenvalue weighted by atomic mass is 35.5. The van der Waals surface area contributed by atoms with E-state index in [4.69, 9.17) is 25.5 Å². The van der Waals surface area contributed by atoms with Crippen LogP contribution in [0.2, 0.25) is 5.02 Å². The lowest BCUT2D eigenvalue weighted by molar-refractivity contribution is 0.0848. The Kier molecular flexibility index (Phi) is 5.13. The number of carbonyl (C=O) groups is 1. The van der Waals surface area contributed by atoms with Gasteiger partial charge >= 0.3 is 5.63 Å². The van der Waals surface area contributed by atoms with Crippen molar-refractivity contribution in [2.75, 3.05) is 0 Å². The molecule has 0 saturated heterocycles. The quantitative estimate of drug-likeness (QED) is 0.408. The Morgan fingerprint density at radius 1 is 1.12 bits per heavy atom. The Labute approximate surface area is 197 Å². The number of benzene rings is 2. The molecule has 0 bridgehead atoms. The number of carbonyl (C=O) groups excluding carboxylic acids is 1. The molecule has 1 atom stereocenters. The molecule has 1 aromatic heterocycles. The van der Waals surface area contributed by atoms with E-state index < -0.39 is 17.3 Å². The molecule has 5 nitrogen and oxygen atoms in total. The maximum atomic E-state index is 13.5. The molecule has 2 aliphatic rings. The van der Waals surface area contributed by atoms with Crippen molar-refractivity contribution in [2.45, 2.75) is 58.7 Å². The third-order valence-electron chi connectivity index (χ3n) is 6.21.